The van der Waals surface area contributed by atoms with E-state index < -0.39 is 12.1 Å². The van der Waals surface area contributed by atoms with Crippen molar-refractivity contribution in [3.63, 3.8) is 0 Å². The molecule has 0 radical (unpaired) electrons. The number of benzene rings is 2. The Balaban J connectivity index is 1.77. The van der Waals surface area contributed by atoms with E-state index in [0.717, 1.165) is 11.1 Å². The van der Waals surface area contributed by atoms with Gasteiger partial charge in [-0.1, -0.05) is 23.8 Å². The molecular formula is C20H20N2O5. The lowest BCUT2D eigenvalue weighted by molar-refractivity contribution is 0.0276. The number of hydrogen-bond donors (Lipinski definition) is 0. The summed E-state index contributed by atoms with van der Waals surface area (Å²) >= 11 is 0. The molecule has 0 aliphatic carbocycles. The number of rotatable bonds is 6. The molecule has 1 atom stereocenters. The first kappa shape index (κ1) is 18.4. The Bertz CT molecular complexity index is 934. The molecule has 0 spiro atoms. The summed E-state index contributed by atoms with van der Waals surface area (Å²) in [4.78, 5) is 12.5. The van der Waals surface area contributed by atoms with E-state index in [9.17, 15) is 4.79 Å². The minimum atomic E-state index is -0.722. The lowest BCUT2D eigenvalue weighted by Gasteiger charge is -2.13. The monoisotopic (exact) mass is 368 g/mol. The summed E-state index contributed by atoms with van der Waals surface area (Å²) in [5, 5.41) is 8.01. The molecule has 0 amide bonds. The van der Waals surface area contributed by atoms with E-state index in [1.165, 1.54) is 14.2 Å². The third-order valence-corrected chi connectivity index (χ3v) is 3.99. The molecule has 0 aliphatic heterocycles. The molecule has 7 nitrogen and oxygen atoms in total. The highest BCUT2D eigenvalue weighted by molar-refractivity contribution is 5.93. The predicted molar refractivity (Wildman–Crippen MR) is 97.8 cm³/mol. The van der Waals surface area contributed by atoms with Gasteiger partial charge < -0.3 is 18.6 Å². The van der Waals surface area contributed by atoms with Crippen molar-refractivity contribution in [1.29, 1.82) is 0 Å². The van der Waals surface area contributed by atoms with E-state index in [1.807, 2.05) is 31.2 Å². The quantitative estimate of drug-likeness (QED) is 0.609. The van der Waals surface area contributed by atoms with Gasteiger partial charge >= 0.3 is 5.97 Å². The topological polar surface area (TPSA) is 83.7 Å². The van der Waals surface area contributed by atoms with Crippen LogP contribution in [-0.4, -0.2) is 30.4 Å². The van der Waals surface area contributed by atoms with Crippen molar-refractivity contribution >= 4 is 5.97 Å². The first-order valence-electron chi connectivity index (χ1n) is 8.36. The van der Waals surface area contributed by atoms with E-state index in [1.54, 1.807) is 25.1 Å². The molecule has 0 saturated carbocycles. The van der Waals surface area contributed by atoms with Crippen LogP contribution in [0.3, 0.4) is 0 Å². The molecule has 140 valence electrons. The molecule has 0 aliphatic rings. The second-order valence-corrected chi connectivity index (χ2v) is 5.90. The summed E-state index contributed by atoms with van der Waals surface area (Å²) in [6, 6.07) is 12.7. The average Bonchev–Trinajstić information content (AvgIpc) is 3.18. The van der Waals surface area contributed by atoms with Crippen molar-refractivity contribution in [3.8, 4) is 23.0 Å². The molecule has 0 saturated heterocycles. The fourth-order valence-corrected chi connectivity index (χ4v) is 2.53. The van der Waals surface area contributed by atoms with Crippen molar-refractivity contribution in [1.82, 2.24) is 10.2 Å². The Morgan fingerprint density at radius 1 is 1.04 bits per heavy atom. The molecule has 7 heteroatoms. The SMILES string of the molecule is COc1cccc(C(=O)O[C@@H](C)c2nnc(-c3ccc(C)cc3)o2)c1OC. The zero-order valence-electron chi connectivity index (χ0n) is 15.6. The lowest BCUT2D eigenvalue weighted by atomic mass is 10.1. The van der Waals surface area contributed by atoms with Crippen LogP contribution in [0, 0.1) is 6.92 Å². The van der Waals surface area contributed by atoms with E-state index in [4.69, 9.17) is 18.6 Å². The highest BCUT2D eigenvalue weighted by atomic mass is 16.6. The van der Waals surface area contributed by atoms with Gasteiger partial charge in [-0.05, 0) is 38.1 Å². The van der Waals surface area contributed by atoms with Crippen molar-refractivity contribution in [3.05, 3.63) is 59.5 Å². The fourth-order valence-electron chi connectivity index (χ4n) is 2.53. The highest BCUT2D eigenvalue weighted by Crippen LogP contribution is 2.32. The Morgan fingerprint density at radius 2 is 1.78 bits per heavy atom. The summed E-state index contributed by atoms with van der Waals surface area (Å²) in [7, 11) is 2.96. The number of hydrogen-bond acceptors (Lipinski definition) is 7. The number of aromatic nitrogens is 2. The van der Waals surface area contributed by atoms with Crippen molar-refractivity contribution in [2.24, 2.45) is 0 Å². The van der Waals surface area contributed by atoms with E-state index in [2.05, 4.69) is 10.2 Å². The zero-order valence-corrected chi connectivity index (χ0v) is 15.6. The van der Waals surface area contributed by atoms with Gasteiger partial charge in [0.05, 0.1) is 14.2 Å². The molecule has 0 fully saturated rings. The lowest BCUT2D eigenvalue weighted by Crippen LogP contribution is -2.11. The third kappa shape index (κ3) is 3.92. The normalized spacial score (nSPS) is 11.7. The van der Waals surface area contributed by atoms with Gasteiger partial charge in [0.15, 0.2) is 17.6 Å². The first-order chi connectivity index (χ1) is 13.0. The van der Waals surface area contributed by atoms with Gasteiger partial charge in [0.25, 0.3) is 5.89 Å². The van der Waals surface area contributed by atoms with Crippen LogP contribution in [0.25, 0.3) is 11.5 Å². The standard InChI is InChI=1S/C20H20N2O5/c1-12-8-10-14(11-9-12)19-22-21-18(27-19)13(2)26-20(23)15-6-5-7-16(24-3)17(15)25-4/h5-11,13H,1-4H3/t13-/m0/s1. The number of methoxy groups -OCH3 is 2. The van der Waals surface area contributed by atoms with Gasteiger partial charge in [0.1, 0.15) is 5.56 Å². The zero-order chi connectivity index (χ0) is 19.4. The van der Waals surface area contributed by atoms with Gasteiger partial charge in [-0.3, -0.25) is 0 Å². The Kier molecular flexibility index (Phi) is 5.40. The number of nitrogens with zero attached hydrogens (tertiary/aromatic N) is 2. The number of carbonyl (C=O) groups is 1. The summed E-state index contributed by atoms with van der Waals surface area (Å²) in [5.74, 6) is 0.753. The van der Waals surface area contributed by atoms with E-state index in [0.29, 0.717) is 17.4 Å². The largest absolute Gasteiger partial charge is 0.493 e. The van der Waals surface area contributed by atoms with Crippen LogP contribution in [0.15, 0.2) is 46.9 Å². The molecule has 0 bridgehead atoms. The van der Waals surface area contributed by atoms with Crippen molar-refractivity contribution < 1.29 is 23.4 Å². The van der Waals surface area contributed by atoms with Gasteiger partial charge in [-0.2, -0.15) is 0 Å². The Morgan fingerprint density at radius 3 is 2.44 bits per heavy atom. The van der Waals surface area contributed by atoms with Crippen LogP contribution < -0.4 is 9.47 Å². The molecule has 0 unspecified atom stereocenters. The molecule has 1 heterocycles. The van der Waals surface area contributed by atoms with Crippen LogP contribution in [0.1, 0.15) is 34.8 Å². The smallest absolute Gasteiger partial charge is 0.342 e. The van der Waals surface area contributed by atoms with Crippen molar-refractivity contribution in [2.75, 3.05) is 14.2 Å². The molecule has 2 aromatic carbocycles. The number of esters is 1. The minimum Gasteiger partial charge on any atom is -0.493 e. The van der Waals surface area contributed by atoms with Crippen LogP contribution in [-0.2, 0) is 4.74 Å². The van der Waals surface area contributed by atoms with Gasteiger partial charge in [0.2, 0.25) is 5.89 Å². The predicted octanol–water partition coefficient (Wildman–Crippen LogP) is 3.98. The summed E-state index contributed by atoms with van der Waals surface area (Å²) in [6.45, 7) is 3.66. The Labute approximate surface area is 156 Å². The number of aryl methyl sites for hydroxylation is 1. The molecule has 27 heavy (non-hydrogen) atoms. The second kappa shape index (κ2) is 7.90. The molecule has 0 N–H and O–H groups in total. The molecule has 1 aromatic heterocycles. The number of para-hydroxylation sites is 1. The maximum absolute atomic E-state index is 12.5. The van der Waals surface area contributed by atoms with Gasteiger partial charge in [0, 0.05) is 5.56 Å². The maximum Gasteiger partial charge on any atom is 0.342 e. The van der Waals surface area contributed by atoms with Gasteiger partial charge in [-0.15, -0.1) is 10.2 Å². The van der Waals surface area contributed by atoms with Crippen molar-refractivity contribution in [2.45, 2.75) is 20.0 Å². The molecule has 3 aromatic rings. The fraction of sp³-hybridized carbons (Fsp3) is 0.250. The third-order valence-electron chi connectivity index (χ3n) is 3.99. The highest BCUT2D eigenvalue weighted by Gasteiger charge is 2.23. The second-order valence-electron chi connectivity index (χ2n) is 5.90. The molecule has 3 rings (SSSR count). The average molecular weight is 368 g/mol. The summed E-state index contributed by atoms with van der Waals surface area (Å²) < 4.78 is 21.6. The van der Waals surface area contributed by atoms with Crippen LogP contribution in [0.4, 0.5) is 0 Å². The first-order valence-corrected chi connectivity index (χ1v) is 8.36. The summed E-state index contributed by atoms with van der Waals surface area (Å²) in [5.41, 5.74) is 2.18. The van der Waals surface area contributed by atoms with Crippen LogP contribution in [0.2, 0.25) is 0 Å². The summed E-state index contributed by atoms with van der Waals surface area (Å²) in [6.07, 6.45) is -0.722. The van der Waals surface area contributed by atoms with Gasteiger partial charge in [-0.25, -0.2) is 4.79 Å². The number of carbonyl (C=O) groups excluding carboxylic acids is 1. The molecular weight excluding hydrogens is 348 g/mol. The van der Waals surface area contributed by atoms with Crippen LogP contribution in [0.5, 0.6) is 11.5 Å². The minimum absolute atomic E-state index is 0.209. The van der Waals surface area contributed by atoms with E-state index in [-0.39, 0.29) is 11.5 Å². The number of ether oxygens (including phenoxy) is 3. The van der Waals surface area contributed by atoms with E-state index >= 15 is 0 Å². The van der Waals surface area contributed by atoms with Crippen LogP contribution >= 0.6 is 0 Å². The Hall–Kier alpha value is -3.35. The maximum atomic E-state index is 12.5.